The fourth-order valence-corrected chi connectivity index (χ4v) is 4.75. The number of allylic oxidation sites excluding steroid dienone is 4. The number of carbonyl (C=O) groups excluding carboxylic acids is 1. The molecule has 0 aromatic heterocycles. The Kier molecular flexibility index (Phi) is 14.2. The largest absolute Gasteiger partial charge is 0.460 e. The summed E-state index contributed by atoms with van der Waals surface area (Å²) in [7, 11) is 0. The Balaban J connectivity index is 2.67. The highest BCUT2D eigenvalue weighted by molar-refractivity contribution is 5.70. The van der Waals surface area contributed by atoms with Crippen LogP contribution in [-0.4, -0.2) is 24.8 Å². The van der Waals surface area contributed by atoms with Crippen LogP contribution >= 0.6 is 0 Å². The fraction of sp³-hybridized carbons (Fsp3) is 0.828. The molecule has 1 saturated carbocycles. The Hall–Kier alpha value is -1.09. The van der Waals surface area contributed by atoms with Gasteiger partial charge < -0.3 is 9.47 Å². The van der Waals surface area contributed by atoms with Crippen molar-refractivity contribution in [2.75, 3.05) is 13.2 Å². The Morgan fingerprint density at radius 2 is 1.72 bits per heavy atom. The third kappa shape index (κ3) is 13.5. The first-order chi connectivity index (χ1) is 15.1. The van der Waals surface area contributed by atoms with Gasteiger partial charge in [0, 0.05) is 13.2 Å². The zero-order valence-electron chi connectivity index (χ0n) is 22.3. The monoisotopic (exact) mass is 448 g/mol. The van der Waals surface area contributed by atoms with Crippen LogP contribution in [0, 0.1) is 23.7 Å². The summed E-state index contributed by atoms with van der Waals surface area (Å²) in [6.07, 6.45) is 18.2. The van der Waals surface area contributed by atoms with Crippen LogP contribution in [0.25, 0.3) is 0 Å². The molecule has 0 N–H and O–H groups in total. The van der Waals surface area contributed by atoms with Crippen molar-refractivity contribution >= 4 is 5.97 Å². The van der Waals surface area contributed by atoms with Crippen LogP contribution in [0.1, 0.15) is 113 Å². The fourth-order valence-electron chi connectivity index (χ4n) is 4.75. The van der Waals surface area contributed by atoms with Gasteiger partial charge in [0.25, 0.3) is 0 Å². The van der Waals surface area contributed by atoms with E-state index in [-0.39, 0.29) is 11.9 Å². The van der Waals surface area contributed by atoms with Gasteiger partial charge in [0.1, 0.15) is 5.60 Å². The maximum Gasteiger partial charge on any atom is 0.306 e. The van der Waals surface area contributed by atoms with E-state index in [0.717, 1.165) is 50.7 Å². The number of hydrogen-bond donors (Lipinski definition) is 0. The van der Waals surface area contributed by atoms with Crippen molar-refractivity contribution in [3.8, 4) is 0 Å². The van der Waals surface area contributed by atoms with Gasteiger partial charge in [0.2, 0.25) is 0 Å². The summed E-state index contributed by atoms with van der Waals surface area (Å²) in [5, 5.41) is 0. The second-order valence-corrected chi connectivity index (χ2v) is 11.2. The van der Waals surface area contributed by atoms with E-state index in [0.29, 0.717) is 12.3 Å². The van der Waals surface area contributed by atoms with Crippen LogP contribution in [0.5, 0.6) is 0 Å². The quantitative estimate of drug-likeness (QED) is 0.152. The van der Waals surface area contributed by atoms with Crippen molar-refractivity contribution in [3.05, 3.63) is 23.8 Å². The predicted octanol–water partition coefficient (Wildman–Crippen LogP) is 8.29. The molecule has 3 heteroatoms. The van der Waals surface area contributed by atoms with Crippen molar-refractivity contribution in [1.82, 2.24) is 0 Å². The lowest BCUT2D eigenvalue weighted by atomic mass is 9.78. The van der Waals surface area contributed by atoms with E-state index in [9.17, 15) is 4.79 Å². The minimum atomic E-state index is -0.439. The highest BCUT2D eigenvalue weighted by Crippen LogP contribution is 2.34. The minimum Gasteiger partial charge on any atom is -0.460 e. The Labute approximate surface area is 199 Å². The summed E-state index contributed by atoms with van der Waals surface area (Å²) in [4.78, 5) is 12.6. The van der Waals surface area contributed by atoms with Crippen LogP contribution < -0.4 is 0 Å². The van der Waals surface area contributed by atoms with Gasteiger partial charge in [0.05, 0.1) is 6.42 Å². The summed E-state index contributed by atoms with van der Waals surface area (Å²) in [5.41, 5.74) is 0.833. The molecule has 0 saturated heterocycles. The van der Waals surface area contributed by atoms with E-state index in [1.54, 1.807) is 0 Å². The molecular weight excluding hydrogens is 396 g/mol. The van der Waals surface area contributed by atoms with Gasteiger partial charge in [-0.15, -0.1) is 0 Å². The highest BCUT2D eigenvalue weighted by Gasteiger charge is 2.23. The Morgan fingerprint density at radius 3 is 2.28 bits per heavy atom. The Morgan fingerprint density at radius 1 is 1.06 bits per heavy atom. The van der Waals surface area contributed by atoms with E-state index >= 15 is 0 Å². The predicted molar refractivity (Wildman–Crippen MR) is 137 cm³/mol. The third-order valence-corrected chi connectivity index (χ3v) is 6.38. The van der Waals surface area contributed by atoms with Crippen LogP contribution in [-0.2, 0) is 14.3 Å². The molecule has 0 aromatic rings. The van der Waals surface area contributed by atoms with Gasteiger partial charge in [-0.25, -0.2) is 0 Å². The molecule has 0 aromatic carbocycles. The number of esters is 1. The van der Waals surface area contributed by atoms with Crippen molar-refractivity contribution in [3.63, 3.8) is 0 Å². The van der Waals surface area contributed by atoms with Gasteiger partial charge in [0.15, 0.2) is 0 Å². The second kappa shape index (κ2) is 15.7. The number of rotatable bonds is 14. The summed E-state index contributed by atoms with van der Waals surface area (Å²) in [5.74, 6) is 2.48. The molecular formula is C29H52O3. The average molecular weight is 449 g/mol. The summed E-state index contributed by atoms with van der Waals surface area (Å²) in [6.45, 7) is 16.4. The van der Waals surface area contributed by atoms with E-state index < -0.39 is 5.60 Å². The molecule has 0 aliphatic heterocycles. The van der Waals surface area contributed by atoms with Gasteiger partial charge in [-0.1, -0.05) is 45.4 Å². The Bertz CT molecular complexity index is 559. The zero-order valence-corrected chi connectivity index (χ0v) is 22.3. The van der Waals surface area contributed by atoms with Gasteiger partial charge in [-0.3, -0.25) is 4.79 Å². The molecule has 0 radical (unpaired) electrons. The maximum absolute atomic E-state index is 12.6. The molecule has 1 unspecified atom stereocenters. The lowest BCUT2D eigenvalue weighted by Crippen LogP contribution is -2.25. The number of unbranched alkanes of at least 4 members (excludes halogenated alkanes) is 1. The number of ether oxygens (including phenoxy) is 2. The standard InChI is InChI=1S/C29H52O3/c1-8-10-19-31-20-11-12-27(22-28(30)32-29(5,6)7)26(9-2)18-17-24-13-15-25(16-14-24)21-23(3)4/h9,17-18,23-25,27H,8,10-16,19-22H2,1-7H3/b18-17?,26-9+/t24-,25-,27?. The second-order valence-electron chi connectivity index (χ2n) is 11.2. The SMILES string of the molecule is C/C=C(\C=C[C@H]1CC[C@H](CC(C)C)CC1)C(CCCOCCCC)CC(=O)OC(C)(C)C. The molecule has 186 valence electrons. The summed E-state index contributed by atoms with van der Waals surface area (Å²) in [6, 6.07) is 0. The van der Waals surface area contributed by atoms with Crippen LogP contribution in [0.4, 0.5) is 0 Å². The van der Waals surface area contributed by atoms with Crippen LogP contribution in [0.3, 0.4) is 0 Å². The van der Waals surface area contributed by atoms with Gasteiger partial charge >= 0.3 is 5.97 Å². The molecule has 0 bridgehead atoms. The zero-order chi connectivity index (χ0) is 24.0. The van der Waals surface area contributed by atoms with E-state index in [4.69, 9.17) is 9.47 Å². The molecule has 0 spiro atoms. The minimum absolute atomic E-state index is 0.101. The molecule has 1 aliphatic carbocycles. The molecule has 1 aliphatic rings. The van der Waals surface area contributed by atoms with Crippen LogP contribution in [0.15, 0.2) is 23.8 Å². The summed E-state index contributed by atoms with van der Waals surface area (Å²) >= 11 is 0. The molecule has 32 heavy (non-hydrogen) atoms. The molecule has 1 fully saturated rings. The van der Waals surface area contributed by atoms with Crippen molar-refractivity contribution in [2.45, 2.75) is 118 Å². The highest BCUT2D eigenvalue weighted by atomic mass is 16.6. The lowest BCUT2D eigenvalue weighted by molar-refractivity contribution is -0.155. The first-order valence-corrected chi connectivity index (χ1v) is 13.3. The molecule has 1 rings (SSSR count). The van der Waals surface area contributed by atoms with Crippen LogP contribution in [0.2, 0.25) is 0 Å². The molecule has 0 amide bonds. The average Bonchev–Trinajstić information content (AvgIpc) is 2.70. The third-order valence-electron chi connectivity index (χ3n) is 6.38. The van der Waals surface area contributed by atoms with Crippen molar-refractivity contribution in [1.29, 1.82) is 0 Å². The maximum atomic E-state index is 12.6. The molecule has 3 nitrogen and oxygen atoms in total. The van der Waals surface area contributed by atoms with Gasteiger partial charge in [-0.2, -0.15) is 0 Å². The number of hydrogen-bond acceptors (Lipinski definition) is 3. The number of carbonyl (C=O) groups is 1. The molecule has 1 atom stereocenters. The summed E-state index contributed by atoms with van der Waals surface area (Å²) < 4.78 is 11.4. The lowest BCUT2D eigenvalue weighted by Gasteiger charge is -2.28. The van der Waals surface area contributed by atoms with Crippen molar-refractivity contribution in [2.24, 2.45) is 23.7 Å². The molecule has 0 heterocycles. The van der Waals surface area contributed by atoms with Crippen molar-refractivity contribution < 1.29 is 14.3 Å². The van der Waals surface area contributed by atoms with E-state index in [2.05, 4.69) is 45.9 Å². The van der Waals surface area contributed by atoms with E-state index in [1.165, 1.54) is 37.7 Å². The first-order valence-electron chi connectivity index (χ1n) is 13.3. The normalized spacial score (nSPS) is 21.3. The van der Waals surface area contributed by atoms with Gasteiger partial charge in [-0.05, 0) is 108 Å². The smallest absolute Gasteiger partial charge is 0.306 e. The first kappa shape index (κ1) is 28.9. The topological polar surface area (TPSA) is 35.5 Å². The van der Waals surface area contributed by atoms with E-state index in [1.807, 2.05) is 20.8 Å².